The Morgan fingerprint density at radius 1 is 1.14 bits per heavy atom. The van der Waals surface area contributed by atoms with E-state index in [-0.39, 0.29) is 24.3 Å². The molecule has 35 heavy (non-hydrogen) atoms. The molecule has 0 fully saturated rings. The topological polar surface area (TPSA) is 101 Å². The number of carboxylic acid groups (broad SMARTS) is 1. The second-order valence-electron chi connectivity index (χ2n) is 7.73. The monoisotopic (exact) mass is 505 g/mol. The summed E-state index contributed by atoms with van der Waals surface area (Å²) in [6.45, 7) is 3.98. The first-order valence-corrected chi connectivity index (χ1v) is 12.7. The number of rotatable bonds is 10. The molecule has 2 aromatic carbocycles. The Kier molecular flexibility index (Phi) is 7.79. The van der Waals surface area contributed by atoms with Gasteiger partial charge in [0.05, 0.1) is 11.1 Å². The van der Waals surface area contributed by atoms with Crippen LogP contribution in [0.25, 0.3) is 21.3 Å². The molecule has 0 bridgehead atoms. The Morgan fingerprint density at radius 3 is 2.49 bits per heavy atom. The lowest BCUT2D eigenvalue weighted by Crippen LogP contribution is -2.43. The number of hydrogen-bond donors (Lipinski definition) is 2. The molecule has 2 aromatic heterocycles. The fraction of sp³-hybridized carbons (Fsp3) is 0.154. The lowest BCUT2D eigenvalue weighted by atomic mass is 10.1. The van der Waals surface area contributed by atoms with Crippen LogP contribution in [0.5, 0.6) is 0 Å². The molecule has 4 rings (SSSR count). The highest BCUT2D eigenvalue weighted by atomic mass is 32.2. The molecular weight excluding hydrogens is 482 g/mol. The van der Waals surface area contributed by atoms with Crippen LogP contribution in [0.3, 0.4) is 0 Å². The Hall–Kier alpha value is -3.69. The summed E-state index contributed by atoms with van der Waals surface area (Å²) in [5.74, 6) is -1.64. The van der Waals surface area contributed by atoms with Crippen molar-refractivity contribution in [1.29, 1.82) is 0 Å². The van der Waals surface area contributed by atoms with E-state index < -0.39 is 17.9 Å². The minimum absolute atomic E-state index is 0.0788. The number of nitrogens with zero attached hydrogens (tertiary/aromatic N) is 2. The third-order valence-corrected chi connectivity index (χ3v) is 7.15. The summed E-state index contributed by atoms with van der Waals surface area (Å²) in [6.07, 6.45) is 1.78. The van der Waals surface area contributed by atoms with Crippen LogP contribution >= 0.6 is 23.1 Å². The smallest absolute Gasteiger partial charge is 0.326 e. The fourth-order valence-corrected chi connectivity index (χ4v) is 5.46. The Morgan fingerprint density at radius 2 is 1.83 bits per heavy atom. The normalized spacial score (nSPS) is 11.8. The molecule has 1 amide bonds. The fourth-order valence-electron chi connectivity index (χ4n) is 3.65. The van der Waals surface area contributed by atoms with Gasteiger partial charge in [-0.25, -0.2) is 9.78 Å². The van der Waals surface area contributed by atoms with Gasteiger partial charge >= 0.3 is 5.97 Å². The van der Waals surface area contributed by atoms with Crippen molar-refractivity contribution in [2.75, 3.05) is 5.75 Å². The van der Waals surface area contributed by atoms with Crippen molar-refractivity contribution in [3.63, 3.8) is 0 Å². The molecule has 1 unspecified atom stereocenters. The van der Waals surface area contributed by atoms with E-state index in [9.17, 15) is 19.5 Å². The molecule has 0 spiro atoms. The van der Waals surface area contributed by atoms with Crippen molar-refractivity contribution >= 4 is 45.2 Å². The van der Waals surface area contributed by atoms with Crippen LogP contribution in [0.4, 0.5) is 0 Å². The maximum atomic E-state index is 13.4. The highest BCUT2D eigenvalue weighted by Crippen LogP contribution is 2.32. The largest absolute Gasteiger partial charge is 0.480 e. The Balaban J connectivity index is 1.55. The number of nitrogens with one attached hydrogen (secondary N) is 1. The third-order valence-electron chi connectivity index (χ3n) is 5.30. The molecule has 1 atom stereocenters. The number of aliphatic carboxylic acids is 1. The van der Waals surface area contributed by atoms with Crippen LogP contribution in [-0.4, -0.2) is 38.3 Å². The first kappa shape index (κ1) is 24.4. The van der Waals surface area contributed by atoms with Crippen LogP contribution in [0.15, 0.2) is 88.6 Å². The molecule has 9 heteroatoms. The maximum absolute atomic E-state index is 13.4. The van der Waals surface area contributed by atoms with Gasteiger partial charge < -0.3 is 10.4 Å². The van der Waals surface area contributed by atoms with Gasteiger partial charge in [-0.3, -0.25) is 14.2 Å². The van der Waals surface area contributed by atoms with E-state index in [0.29, 0.717) is 15.4 Å². The van der Waals surface area contributed by atoms with Gasteiger partial charge in [0.25, 0.3) is 5.56 Å². The van der Waals surface area contributed by atoms with Crippen molar-refractivity contribution in [3.8, 4) is 11.1 Å². The minimum atomic E-state index is -1.11. The van der Waals surface area contributed by atoms with Crippen molar-refractivity contribution < 1.29 is 14.7 Å². The average Bonchev–Trinajstić information content (AvgIpc) is 3.30. The molecule has 2 heterocycles. The Bertz CT molecular complexity index is 1420. The summed E-state index contributed by atoms with van der Waals surface area (Å²) in [7, 11) is 0. The van der Waals surface area contributed by atoms with Crippen LogP contribution in [0.1, 0.15) is 5.56 Å². The molecule has 0 aliphatic rings. The number of carbonyl (C=O) groups is 2. The predicted molar refractivity (Wildman–Crippen MR) is 140 cm³/mol. The summed E-state index contributed by atoms with van der Waals surface area (Å²) in [5, 5.41) is 14.9. The minimum Gasteiger partial charge on any atom is -0.480 e. The lowest BCUT2D eigenvalue weighted by Gasteiger charge is -2.15. The van der Waals surface area contributed by atoms with Crippen molar-refractivity contribution in [3.05, 3.63) is 94.6 Å². The van der Waals surface area contributed by atoms with Gasteiger partial charge in [0, 0.05) is 23.9 Å². The van der Waals surface area contributed by atoms with Gasteiger partial charge in [-0.1, -0.05) is 78.5 Å². The second-order valence-corrected chi connectivity index (χ2v) is 9.53. The molecule has 2 N–H and O–H groups in total. The molecule has 0 saturated heterocycles. The van der Waals surface area contributed by atoms with Gasteiger partial charge in [0.15, 0.2) is 5.16 Å². The second kappa shape index (κ2) is 11.2. The summed E-state index contributed by atoms with van der Waals surface area (Å²) < 4.78 is 1.49. The highest BCUT2D eigenvalue weighted by Gasteiger charge is 2.22. The van der Waals surface area contributed by atoms with Gasteiger partial charge in [-0.05, 0) is 11.1 Å². The third kappa shape index (κ3) is 5.70. The van der Waals surface area contributed by atoms with Crippen LogP contribution in [-0.2, 0) is 22.6 Å². The molecule has 0 radical (unpaired) electrons. The van der Waals surface area contributed by atoms with E-state index >= 15 is 0 Å². The van der Waals surface area contributed by atoms with E-state index in [0.717, 1.165) is 28.5 Å². The number of benzene rings is 2. The number of carbonyl (C=O) groups excluding carboxylic acids is 1. The maximum Gasteiger partial charge on any atom is 0.326 e. The highest BCUT2D eigenvalue weighted by molar-refractivity contribution is 7.99. The molecule has 178 valence electrons. The number of fused-ring (bicyclic) bond motifs is 1. The number of aromatic nitrogens is 2. The van der Waals surface area contributed by atoms with Gasteiger partial charge in [0.1, 0.15) is 10.9 Å². The number of thiophene rings is 1. The first-order valence-electron chi connectivity index (χ1n) is 10.8. The molecule has 0 aliphatic heterocycles. The summed E-state index contributed by atoms with van der Waals surface area (Å²) in [4.78, 5) is 42.9. The van der Waals surface area contributed by atoms with Crippen molar-refractivity contribution in [1.82, 2.24) is 14.9 Å². The van der Waals surface area contributed by atoms with E-state index in [2.05, 4.69) is 16.9 Å². The first-order chi connectivity index (χ1) is 17.0. The summed E-state index contributed by atoms with van der Waals surface area (Å²) >= 11 is 2.47. The lowest BCUT2D eigenvalue weighted by molar-refractivity contribution is -0.141. The van der Waals surface area contributed by atoms with Crippen LogP contribution in [0, 0.1) is 0 Å². The van der Waals surface area contributed by atoms with E-state index in [1.54, 1.807) is 6.08 Å². The molecule has 0 saturated carbocycles. The predicted octanol–water partition coefficient (Wildman–Crippen LogP) is 4.22. The zero-order chi connectivity index (χ0) is 24.8. The zero-order valence-corrected chi connectivity index (χ0v) is 20.3. The van der Waals surface area contributed by atoms with Crippen molar-refractivity contribution in [2.45, 2.75) is 24.2 Å². The number of amides is 1. The number of thioether (sulfide) groups is 1. The van der Waals surface area contributed by atoms with Crippen LogP contribution < -0.4 is 10.9 Å². The number of allylic oxidation sites excluding steroid dienone is 1. The zero-order valence-electron chi connectivity index (χ0n) is 18.7. The number of hydrogen-bond acceptors (Lipinski definition) is 6. The summed E-state index contributed by atoms with van der Waals surface area (Å²) in [5.41, 5.74) is 2.36. The SMILES string of the molecule is C=CCn1c(SCC(=O)NC(Cc2ccccc2)C(=O)O)nc2scc(-c3ccccc3)c2c1=O. The van der Waals surface area contributed by atoms with Gasteiger partial charge in [0.2, 0.25) is 5.91 Å². The Labute approximate surface area is 210 Å². The van der Waals surface area contributed by atoms with E-state index in [4.69, 9.17) is 0 Å². The molecule has 4 aromatic rings. The molecule has 7 nitrogen and oxygen atoms in total. The summed E-state index contributed by atoms with van der Waals surface area (Å²) in [6, 6.07) is 17.7. The standard InChI is InChI=1S/C26H23N3O4S2/c1-2-13-29-24(31)22-19(18-11-7-4-8-12-18)15-34-23(22)28-26(29)35-16-21(30)27-20(25(32)33)14-17-9-5-3-6-10-17/h2-12,15,20H,1,13-14,16H2,(H,27,30)(H,32,33). The number of carboxylic acids is 1. The van der Waals surface area contributed by atoms with Gasteiger partial charge in [-0.2, -0.15) is 0 Å². The van der Waals surface area contributed by atoms with Crippen LogP contribution in [0.2, 0.25) is 0 Å². The van der Waals surface area contributed by atoms with Gasteiger partial charge in [-0.15, -0.1) is 17.9 Å². The molecule has 0 aliphatic carbocycles. The average molecular weight is 506 g/mol. The van der Waals surface area contributed by atoms with E-state index in [1.165, 1.54) is 15.9 Å². The molecular formula is C26H23N3O4S2. The van der Waals surface area contributed by atoms with E-state index in [1.807, 2.05) is 66.0 Å². The van der Waals surface area contributed by atoms with Crippen molar-refractivity contribution in [2.24, 2.45) is 0 Å². The quantitative estimate of drug-likeness (QED) is 0.190.